The molecule has 2 aromatic carbocycles. The minimum absolute atomic E-state index is 0.0947. The molecule has 0 atom stereocenters. The van der Waals surface area contributed by atoms with E-state index in [1.807, 2.05) is 13.0 Å². The van der Waals surface area contributed by atoms with Crippen molar-refractivity contribution in [2.45, 2.75) is 6.92 Å². The third kappa shape index (κ3) is 5.24. The molecule has 1 N–H and O–H groups in total. The lowest BCUT2D eigenvalue weighted by molar-refractivity contribution is -0.121. The zero-order valence-electron chi connectivity index (χ0n) is 16.9. The average Bonchev–Trinajstić information content (AvgIpc) is 3.01. The highest BCUT2D eigenvalue weighted by Gasteiger charge is 2.30. The number of amidine groups is 1. The summed E-state index contributed by atoms with van der Waals surface area (Å²) in [7, 11) is 1.61. The number of aliphatic imine (C=N–C) groups is 1. The highest BCUT2D eigenvalue weighted by atomic mass is 32.2. The number of ether oxygens (including phenoxy) is 2. The van der Waals surface area contributed by atoms with E-state index in [1.54, 1.807) is 43.5 Å². The maximum atomic E-state index is 12.7. The van der Waals surface area contributed by atoms with Gasteiger partial charge in [0.25, 0.3) is 5.91 Å². The summed E-state index contributed by atoms with van der Waals surface area (Å²) >= 11 is 1.19. The standard InChI is InChI=1S/C22H19N3O5S/c1-3-29-18-11-14(7-8-17(18)30-10-9-23)12-19-20(26)25(2)22(31-19)24-16-6-4-5-15(13-16)21(27)28/h4-8,11-13H,3,10H2,1-2H3,(H,27,28)/b19-12+,24-22?. The van der Waals surface area contributed by atoms with E-state index in [-0.39, 0.29) is 18.1 Å². The molecule has 8 nitrogen and oxygen atoms in total. The lowest BCUT2D eigenvalue weighted by atomic mass is 10.2. The second-order valence-corrected chi connectivity index (χ2v) is 7.32. The molecule has 1 saturated heterocycles. The molecule has 0 aliphatic carbocycles. The molecule has 1 fully saturated rings. The Labute approximate surface area is 183 Å². The van der Waals surface area contributed by atoms with Gasteiger partial charge in [-0.2, -0.15) is 5.26 Å². The summed E-state index contributed by atoms with van der Waals surface area (Å²) in [4.78, 5) is 30.1. The normalized spacial score (nSPS) is 15.9. The minimum Gasteiger partial charge on any atom is -0.490 e. The molecule has 1 aliphatic rings. The van der Waals surface area contributed by atoms with E-state index in [2.05, 4.69) is 4.99 Å². The number of rotatable bonds is 7. The van der Waals surface area contributed by atoms with Crippen LogP contribution in [0.4, 0.5) is 5.69 Å². The molecule has 158 valence electrons. The van der Waals surface area contributed by atoms with Crippen molar-refractivity contribution in [2.75, 3.05) is 20.3 Å². The molecule has 1 heterocycles. The van der Waals surface area contributed by atoms with Crippen molar-refractivity contribution in [3.8, 4) is 17.6 Å². The van der Waals surface area contributed by atoms with Gasteiger partial charge < -0.3 is 14.6 Å². The van der Waals surface area contributed by atoms with Crippen LogP contribution in [-0.2, 0) is 4.79 Å². The molecule has 31 heavy (non-hydrogen) atoms. The maximum absolute atomic E-state index is 12.7. The summed E-state index contributed by atoms with van der Waals surface area (Å²) in [6.45, 7) is 2.17. The van der Waals surface area contributed by atoms with Crippen LogP contribution < -0.4 is 9.47 Å². The molecular weight excluding hydrogens is 418 g/mol. The van der Waals surface area contributed by atoms with Crippen LogP contribution in [0.1, 0.15) is 22.8 Å². The van der Waals surface area contributed by atoms with E-state index in [0.29, 0.717) is 33.9 Å². The Bertz CT molecular complexity index is 1120. The van der Waals surface area contributed by atoms with Crippen LogP contribution in [0.25, 0.3) is 6.08 Å². The van der Waals surface area contributed by atoms with Crippen LogP contribution in [0.15, 0.2) is 52.4 Å². The smallest absolute Gasteiger partial charge is 0.335 e. The fourth-order valence-electron chi connectivity index (χ4n) is 2.73. The number of benzene rings is 2. The van der Waals surface area contributed by atoms with Gasteiger partial charge in [-0.25, -0.2) is 9.79 Å². The van der Waals surface area contributed by atoms with Gasteiger partial charge in [0.05, 0.1) is 22.8 Å². The number of carbonyl (C=O) groups is 2. The van der Waals surface area contributed by atoms with Crippen LogP contribution in [0.5, 0.6) is 11.5 Å². The second kappa shape index (κ2) is 9.82. The summed E-state index contributed by atoms with van der Waals surface area (Å²) < 4.78 is 10.9. The minimum atomic E-state index is -1.04. The number of nitrogens with zero attached hydrogens (tertiary/aromatic N) is 3. The monoisotopic (exact) mass is 437 g/mol. The highest BCUT2D eigenvalue weighted by molar-refractivity contribution is 8.18. The Hall–Kier alpha value is -3.77. The number of hydrogen-bond donors (Lipinski definition) is 1. The quantitative estimate of drug-likeness (QED) is 0.653. The predicted molar refractivity (Wildman–Crippen MR) is 118 cm³/mol. The number of amides is 1. The van der Waals surface area contributed by atoms with Gasteiger partial charge in [0.1, 0.15) is 6.07 Å². The number of likely N-dealkylation sites (N-methyl/N-ethyl adjacent to an activating group) is 1. The molecule has 3 rings (SSSR count). The molecule has 0 spiro atoms. The van der Waals surface area contributed by atoms with E-state index in [4.69, 9.17) is 19.8 Å². The molecule has 0 unspecified atom stereocenters. The topological polar surface area (TPSA) is 112 Å². The zero-order valence-corrected chi connectivity index (χ0v) is 17.7. The van der Waals surface area contributed by atoms with Gasteiger partial charge in [-0.05, 0) is 60.7 Å². The van der Waals surface area contributed by atoms with Crippen molar-refractivity contribution in [2.24, 2.45) is 4.99 Å². The Morgan fingerprint density at radius 3 is 2.77 bits per heavy atom. The van der Waals surface area contributed by atoms with E-state index in [1.165, 1.54) is 28.8 Å². The van der Waals surface area contributed by atoms with Crippen LogP contribution in [0.2, 0.25) is 0 Å². The summed E-state index contributed by atoms with van der Waals surface area (Å²) in [5, 5.41) is 18.3. The first-order valence-corrected chi connectivity index (χ1v) is 10.1. The first-order chi connectivity index (χ1) is 14.9. The first-order valence-electron chi connectivity index (χ1n) is 9.29. The number of thioether (sulfide) groups is 1. The van der Waals surface area contributed by atoms with Crippen molar-refractivity contribution in [1.29, 1.82) is 5.26 Å². The largest absolute Gasteiger partial charge is 0.490 e. The summed E-state index contributed by atoms with van der Waals surface area (Å²) in [5.74, 6) is -0.330. The predicted octanol–water partition coefficient (Wildman–Crippen LogP) is 3.92. The lowest BCUT2D eigenvalue weighted by Gasteiger charge is -2.10. The van der Waals surface area contributed by atoms with Crippen molar-refractivity contribution in [1.82, 2.24) is 4.90 Å². The van der Waals surface area contributed by atoms with Crippen molar-refractivity contribution >= 4 is 40.6 Å². The number of nitriles is 1. The first kappa shape index (κ1) is 21.9. The van der Waals surface area contributed by atoms with Gasteiger partial charge in [0, 0.05) is 7.05 Å². The summed E-state index contributed by atoms with van der Waals surface area (Å²) in [6, 6.07) is 13.3. The molecule has 9 heteroatoms. The lowest BCUT2D eigenvalue weighted by Crippen LogP contribution is -2.23. The molecular formula is C22H19N3O5S. The number of carboxylic acids is 1. The Morgan fingerprint density at radius 2 is 2.06 bits per heavy atom. The van der Waals surface area contributed by atoms with Crippen molar-refractivity contribution in [3.05, 3.63) is 58.5 Å². The van der Waals surface area contributed by atoms with Crippen LogP contribution in [0.3, 0.4) is 0 Å². The molecule has 0 aromatic heterocycles. The Kier molecular flexibility index (Phi) is 6.95. The van der Waals surface area contributed by atoms with Gasteiger partial charge in [-0.3, -0.25) is 9.69 Å². The third-order valence-corrected chi connectivity index (χ3v) is 5.24. The molecule has 0 bridgehead atoms. The van der Waals surface area contributed by atoms with Crippen LogP contribution in [0, 0.1) is 11.3 Å². The fraction of sp³-hybridized carbons (Fsp3) is 0.182. The SMILES string of the molecule is CCOc1cc(/C=C2/SC(=Nc3cccc(C(=O)O)c3)N(C)C2=O)ccc1OCC#N. The number of hydrogen-bond acceptors (Lipinski definition) is 7. The van der Waals surface area contributed by atoms with Gasteiger partial charge in [-0.1, -0.05) is 12.1 Å². The molecule has 1 aliphatic heterocycles. The van der Waals surface area contributed by atoms with Gasteiger partial charge in [0.2, 0.25) is 0 Å². The fourth-order valence-corrected chi connectivity index (χ4v) is 3.72. The van der Waals surface area contributed by atoms with Crippen LogP contribution in [-0.4, -0.2) is 47.3 Å². The Morgan fingerprint density at radius 1 is 1.26 bits per heavy atom. The highest BCUT2D eigenvalue weighted by Crippen LogP contribution is 2.35. The maximum Gasteiger partial charge on any atom is 0.335 e. The van der Waals surface area contributed by atoms with Crippen molar-refractivity contribution in [3.63, 3.8) is 0 Å². The summed E-state index contributed by atoms with van der Waals surface area (Å²) in [5.41, 5.74) is 1.30. The zero-order chi connectivity index (χ0) is 22.4. The number of aromatic carboxylic acids is 1. The van der Waals surface area contributed by atoms with Gasteiger partial charge in [-0.15, -0.1) is 0 Å². The van der Waals surface area contributed by atoms with E-state index in [0.717, 1.165) is 5.56 Å². The van der Waals surface area contributed by atoms with E-state index < -0.39 is 5.97 Å². The molecule has 2 aromatic rings. The van der Waals surface area contributed by atoms with E-state index >= 15 is 0 Å². The van der Waals surface area contributed by atoms with Crippen LogP contribution >= 0.6 is 11.8 Å². The number of carboxylic acid groups (broad SMARTS) is 1. The second-order valence-electron chi connectivity index (χ2n) is 6.31. The van der Waals surface area contributed by atoms with Crippen molar-refractivity contribution < 1.29 is 24.2 Å². The molecule has 0 saturated carbocycles. The van der Waals surface area contributed by atoms with Gasteiger partial charge >= 0.3 is 5.97 Å². The molecule has 1 amide bonds. The summed E-state index contributed by atoms with van der Waals surface area (Å²) in [6.07, 6.45) is 1.72. The molecule has 0 radical (unpaired) electrons. The average molecular weight is 437 g/mol. The number of carbonyl (C=O) groups excluding carboxylic acids is 1. The van der Waals surface area contributed by atoms with E-state index in [9.17, 15) is 9.59 Å². The van der Waals surface area contributed by atoms with Gasteiger partial charge in [0.15, 0.2) is 23.3 Å². The Balaban J connectivity index is 1.88. The third-order valence-electron chi connectivity index (χ3n) is 4.18.